The number of ether oxygens (including phenoxy) is 1. The first kappa shape index (κ1) is 15.3. The van der Waals surface area contributed by atoms with E-state index in [2.05, 4.69) is 10.5 Å². The summed E-state index contributed by atoms with van der Waals surface area (Å²) in [6.45, 7) is 1.40. The Morgan fingerprint density at radius 3 is 2.52 bits per heavy atom. The molecule has 1 aromatic carbocycles. The van der Waals surface area contributed by atoms with Gasteiger partial charge >= 0.3 is 0 Å². The van der Waals surface area contributed by atoms with Crippen LogP contribution in [0.5, 0.6) is 0 Å². The predicted octanol–water partition coefficient (Wildman–Crippen LogP) is 1.33. The van der Waals surface area contributed by atoms with Gasteiger partial charge in [0.1, 0.15) is 0 Å². The molecule has 1 aromatic rings. The summed E-state index contributed by atoms with van der Waals surface area (Å²) in [6.07, 6.45) is 3.25. The van der Waals surface area contributed by atoms with Gasteiger partial charge in [0, 0.05) is 31.4 Å². The monoisotopic (exact) mass is 291 g/mol. The normalized spacial score (nSPS) is 16.5. The van der Waals surface area contributed by atoms with Gasteiger partial charge in [-0.3, -0.25) is 4.79 Å². The maximum absolute atomic E-state index is 12.1. The van der Waals surface area contributed by atoms with Gasteiger partial charge in [-0.25, -0.2) is 0 Å². The largest absolute Gasteiger partial charge is 0.409 e. The number of nitrogens with two attached hydrogens (primary N) is 1. The second kappa shape index (κ2) is 6.58. The number of methoxy groups -OCH3 is 1. The third-order valence-electron chi connectivity index (χ3n) is 3.97. The predicted molar refractivity (Wildman–Crippen MR) is 79.4 cm³/mol. The van der Waals surface area contributed by atoms with E-state index in [4.69, 9.17) is 15.7 Å². The van der Waals surface area contributed by atoms with Gasteiger partial charge in [0.25, 0.3) is 5.91 Å². The van der Waals surface area contributed by atoms with Crippen LogP contribution < -0.4 is 11.1 Å². The van der Waals surface area contributed by atoms with Crippen molar-refractivity contribution >= 4 is 11.7 Å². The van der Waals surface area contributed by atoms with Crippen LogP contribution in [0.2, 0.25) is 0 Å². The molecular formula is C15H21N3O3. The molecule has 1 aliphatic carbocycles. The van der Waals surface area contributed by atoms with Crippen molar-refractivity contribution in [3.63, 3.8) is 0 Å². The Hall–Kier alpha value is -2.08. The van der Waals surface area contributed by atoms with Crippen molar-refractivity contribution in [2.75, 3.05) is 20.3 Å². The minimum atomic E-state index is -0.107. The van der Waals surface area contributed by atoms with Crippen LogP contribution in [0.1, 0.15) is 35.2 Å². The van der Waals surface area contributed by atoms with Crippen molar-refractivity contribution < 1.29 is 14.7 Å². The van der Waals surface area contributed by atoms with Gasteiger partial charge in [0.2, 0.25) is 0 Å². The average Bonchev–Trinajstić information content (AvgIpc) is 3.30. The number of rotatable bonds is 7. The number of benzene rings is 1. The molecule has 1 aliphatic rings. The summed E-state index contributed by atoms with van der Waals surface area (Å²) in [5.74, 6) is -0.0804. The molecule has 114 valence electrons. The second-order valence-corrected chi connectivity index (χ2v) is 5.49. The molecule has 2 rings (SSSR count). The van der Waals surface area contributed by atoms with Gasteiger partial charge in [-0.1, -0.05) is 17.3 Å². The number of nitrogens with one attached hydrogen (secondary N) is 1. The van der Waals surface area contributed by atoms with E-state index in [0.29, 0.717) is 17.7 Å². The van der Waals surface area contributed by atoms with E-state index in [0.717, 1.165) is 25.9 Å². The molecule has 1 saturated carbocycles. The van der Waals surface area contributed by atoms with Crippen LogP contribution >= 0.6 is 0 Å². The van der Waals surface area contributed by atoms with Gasteiger partial charge in [-0.05, 0) is 36.8 Å². The molecule has 6 heteroatoms. The van der Waals surface area contributed by atoms with Crippen LogP contribution in [0, 0.1) is 5.41 Å². The highest BCUT2D eigenvalue weighted by Crippen LogP contribution is 2.48. The Balaban J connectivity index is 1.89. The molecule has 0 aromatic heterocycles. The quantitative estimate of drug-likeness (QED) is 0.305. The Kier molecular flexibility index (Phi) is 4.80. The van der Waals surface area contributed by atoms with Gasteiger partial charge < -0.3 is 21.0 Å². The summed E-state index contributed by atoms with van der Waals surface area (Å²) >= 11 is 0. The molecule has 0 aliphatic heterocycles. The first-order valence-electron chi connectivity index (χ1n) is 6.95. The minimum Gasteiger partial charge on any atom is -0.409 e. The topological polar surface area (TPSA) is 96.9 Å². The number of oxime groups is 1. The number of amidine groups is 1. The van der Waals surface area contributed by atoms with Crippen molar-refractivity contribution in [2.24, 2.45) is 16.3 Å². The SMILES string of the molecule is COCCC1(CNC(=O)c2ccc(/C(N)=N/O)cc2)CC1. The van der Waals surface area contributed by atoms with Gasteiger partial charge in [-0.2, -0.15) is 0 Å². The van der Waals surface area contributed by atoms with E-state index >= 15 is 0 Å². The zero-order valence-electron chi connectivity index (χ0n) is 12.1. The number of hydrogen-bond acceptors (Lipinski definition) is 4. The third kappa shape index (κ3) is 3.95. The van der Waals surface area contributed by atoms with Gasteiger partial charge in [-0.15, -0.1) is 0 Å². The molecule has 0 atom stereocenters. The number of carbonyl (C=O) groups is 1. The highest BCUT2D eigenvalue weighted by Gasteiger charge is 2.42. The summed E-state index contributed by atoms with van der Waals surface area (Å²) in [6, 6.07) is 6.64. The van der Waals surface area contributed by atoms with Crippen LogP contribution in [0.4, 0.5) is 0 Å². The first-order valence-corrected chi connectivity index (χ1v) is 6.95. The molecule has 0 spiro atoms. The number of nitrogens with zero attached hydrogens (tertiary/aromatic N) is 1. The van der Waals surface area contributed by atoms with Crippen LogP contribution in [-0.2, 0) is 4.74 Å². The van der Waals surface area contributed by atoms with Crippen LogP contribution in [-0.4, -0.2) is 37.2 Å². The average molecular weight is 291 g/mol. The molecule has 0 radical (unpaired) electrons. The van der Waals surface area contributed by atoms with Crippen molar-refractivity contribution in [1.29, 1.82) is 0 Å². The highest BCUT2D eigenvalue weighted by atomic mass is 16.5. The van der Waals surface area contributed by atoms with Crippen molar-refractivity contribution in [3.05, 3.63) is 35.4 Å². The molecule has 21 heavy (non-hydrogen) atoms. The number of carbonyl (C=O) groups excluding carboxylic acids is 1. The summed E-state index contributed by atoms with van der Waals surface area (Å²) in [5, 5.41) is 14.5. The highest BCUT2D eigenvalue weighted by molar-refractivity contribution is 5.99. The first-order chi connectivity index (χ1) is 10.1. The lowest BCUT2D eigenvalue weighted by Crippen LogP contribution is -2.30. The molecule has 0 heterocycles. The fraction of sp³-hybridized carbons (Fsp3) is 0.467. The summed E-state index contributed by atoms with van der Waals surface area (Å²) in [5.41, 5.74) is 6.84. The second-order valence-electron chi connectivity index (χ2n) is 5.49. The Morgan fingerprint density at radius 2 is 2.00 bits per heavy atom. The Morgan fingerprint density at radius 1 is 1.38 bits per heavy atom. The van der Waals surface area contributed by atoms with Crippen LogP contribution in [0.25, 0.3) is 0 Å². The minimum absolute atomic E-state index is 0.0263. The van der Waals surface area contributed by atoms with Crippen molar-refractivity contribution in [1.82, 2.24) is 5.32 Å². The van der Waals surface area contributed by atoms with E-state index in [1.165, 1.54) is 0 Å². The molecule has 0 bridgehead atoms. The molecule has 0 unspecified atom stereocenters. The maximum atomic E-state index is 12.1. The lowest BCUT2D eigenvalue weighted by molar-refractivity contribution is 0.0938. The van der Waals surface area contributed by atoms with Gasteiger partial charge in [0.05, 0.1) is 0 Å². The van der Waals surface area contributed by atoms with Crippen LogP contribution in [0.15, 0.2) is 29.4 Å². The lowest BCUT2D eigenvalue weighted by atomic mass is 10.0. The fourth-order valence-corrected chi connectivity index (χ4v) is 2.23. The maximum Gasteiger partial charge on any atom is 0.251 e. The summed E-state index contributed by atoms with van der Waals surface area (Å²) in [7, 11) is 1.69. The smallest absolute Gasteiger partial charge is 0.251 e. The number of amides is 1. The molecule has 1 fully saturated rings. The number of hydrogen-bond donors (Lipinski definition) is 3. The van der Waals surface area contributed by atoms with E-state index in [9.17, 15) is 4.79 Å². The van der Waals surface area contributed by atoms with E-state index < -0.39 is 0 Å². The lowest BCUT2D eigenvalue weighted by Gasteiger charge is -2.15. The fourth-order valence-electron chi connectivity index (χ4n) is 2.23. The zero-order valence-corrected chi connectivity index (χ0v) is 12.1. The summed E-state index contributed by atoms with van der Waals surface area (Å²) in [4.78, 5) is 12.1. The van der Waals surface area contributed by atoms with Crippen molar-refractivity contribution in [2.45, 2.75) is 19.3 Å². The molecule has 1 amide bonds. The van der Waals surface area contributed by atoms with Crippen molar-refractivity contribution in [3.8, 4) is 0 Å². The third-order valence-corrected chi connectivity index (χ3v) is 3.97. The molecule has 0 saturated heterocycles. The van der Waals surface area contributed by atoms with Crippen LogP contribution in [0.3, 0.4) is 0 Å². The Labute approximate surface area is 124 Å². The van der Waals surface area contributed by atoms with E-state index in [1.807, 2.05) is 0 Å². The van der Waals surface area contributed by atoms with E-state index in [-0.39, 0.29) is 17.2 Å². The standard InChI is InChI=1S/C15H21N3O3/c1-21-9-8-15(6-7-15)10-17-14(19)12-4-2-11(3-5-12)13(16)18-20/h2-5,20H,6-10H2,1H3,(H2,16,18)(H,17,19). The van der Waals surface area contributed by atoms with Gasteiger partial charge in [0.15, 0.2) is 5.84 Å². The molecule has 6 nitrogen and oxygen atoms in total. The summed E-state index contributed by atoms with van der Waals surface area (Å²) < 4.78 is 5.10. The molecule has 4 N–H and O–H groups in total. The molecular weight excluding hydrogens is 270 g/mol. The Bertz CT molecular complexity index is 521. The van der Waals surface area contributed by atoms with E-state index in [1.54, 1.807) is 31.4 Å². The zero-order chi connectivity index (χ0) is 15.3.